The zero-order valence-corrected chi connectivity index (χ0v) is 25.7. The van der Waals surface area contributed by atoms with Crippen LogP contribution in [0.1, 0.15) is 21.7 Å². The first-order chi connectivity index (χ1) is 21.8. The molecule has 1 saturated heterocycles. The summed E-state index contributed by atoms with van der Waals surface area (Å²) in [5, 5.41) is 21.9. The lowest BCUT2D eigenvalue weighted by atomic mass is 10.0. The molecule has 230 valence electrons. The number of ether oxygens (including phenoxy) is 1. The summed E-state index contributed by atoms with van der Waals surface area (Å²) in [5.41, 5.74) is 2.01. The summed E-state index contributed by atoms with van der Waals surface area (Å²) < 4.78 is 21.1. The molecule has 1 aliphatic heterocycles. The molecular weight excluding hydrogens is 621 g/mol. The lowest BCUT2D eigenvalue weighted by Gasteiger charge is -2.35. The van der Waals surface area contributed by atoms with Crippen LogP contribution in [0.15, 0.2) is 46.8 Å². The van der Waals surface area contributed by atoms with Crippen molar-refractivity contribution in [3.63, 3.8) is 0 Å². The molecule has 4 aromatic heterocycles. The van der Waals surface area contributed by atoms with Crippen LogP contribution < -0.4 is 15.2 Å². The predicted molar refractivity (Wildman–Crippen MR) is 170 cm³/mol. The second-order valence-electron chi connectivity index (χ2n) is 10.4. The molecule has 45 heavy (non-hydrogen) atoms. The SMILES string of the molecule is Cc1nc2cnc(N3CCN(CCF)CC3)c(C#N)c2c(=O)n1CCOc1ccc(Cl)cc1-c1ccnc2c(C(=O)O)csc12. The number of aryl methyl sites for hydroxylation is 1. The van der Waals surface area contributed by atoms with E-state index in [1.54, 1.807) is 42.8 Å². The number of rotatable bonds is 9. The van der Waals surface area contributed by atoms with Crippen molar-refractivity contribution in [2.24, 2.45) is 0 Å². The lowest BCUT2D eigenvalue weighted by molar-refractivity contribution is 0.0699. The highest BCUT2D eigenvalue weighted by atomic mass is 35.5. The summed E-state index contributed by atoms with van der Waals surface area (Å²) in [7, 11) is 0. The number of thiophene rings is 1. The molecule has 0 atom stereocenters. The van der Waals surface area contributed by atoms with Gasteiger partial charge >= 0.3 is 5.97 Å². The number of anilines is 1. The molecule has 0 aliphatic carbocycles. The van der Waals surface area contributed by atoms with E-state index in [4.69, 9.17) is 16.3 Å². The van der Waals surface area contributed by atoms with E-state index in [1.807, 2.05) is 9.80 Å². The van der Waals surface area contributed by atoms with Crippen LogP contribution in [0.25, 0.3) is 32.2 Å². The number of alkyl halides is 1. The molecule has 0 saturated carbocycles. The molecule has 1 aromatic carbocycles. The molecule has 6 rings (SSSR count). The monoisotopic (exact) mass is 647 g/mol. The van der Waals surface area contributed by atoms with Gasteiger partial charge in [0.15, 0.2) is 0 Å². The molecular formula is C31H27ClFN7O4S. The van der Waals surface area contributed by atoms with Crippen molar-refractivity contribution in [2.45, 2.75) is 13.5 Å². The summed E-state index contributed by atoms with van der Waals surface area (Å²) in [5.74, 6) is 0.301. The summed E-state index contributed by atoms with van der Waals surface area (Å²) in [6, 6.07) is 9.12. The maximum absolute atomic E-state index is 13.8. The summed E-state index contributed by atoms with van der Waals surface area (Å²) >= 11 is 7.62. The van der Waals surface area contributed by atoms with Crippen LogP contribution in [0.2, 0.25) is 5.02 Å². The molecule has 1 aliphatic rings. The van der Waals surface area contributed by atoms with Gasteiger partial charge in [-0.25, -0.2) is 19.2 Å². The van der Waals surface area contributed by atoms with Crippen molar-refractivity contribution in [1.82, 2.24) is 24.4 Å². The highest BCUT2D eigenvalue weighted by molar-refractivity contribution is 7.18. The van der Waals surface area contributed by atoms with Gasteiger partial charge in [0.1, 0.15) is 42.3 Å². The number of nitrogens with zero attached hydrogens (tertiary/aromatic N) is 7. The topological polar surface area (TPSA) is 137 Å². The Bertz CT molecular complexity index is 2040. The number of pyridine rings is 2. The summed E-state index contributed by atoms with van der Waals surface area (Å²) in [6.07, 6.45) is 3.07. The first-order valence-corrected chi connectivity index (χ1v) is 15.4. The molecule has 0 unspecified atom stereocenters. The Morgan fingerprint density at radius 2 is 1.98 bits per heavy atom. The van der Waals surface area contributed by atoms with Crippen LogP contribution >= 0.6 is 22.9 Å². The Kier molecular flexibility index (Phi) is 8.62. The maximum Gasteiger partial charge on any atom is 0.338 e. The number of hydrogen-bond acceptors (Lipinski definition) is 10. The Balaban J connectivity index is 1.29. The van der Waals surface area contributed by atoms with Crippen molar-refractivity contribution in [3.05, 3.63) is 74.4 Å². The second-order valence-corrected chi connectivity index (χ2v) is 11.8. The number of aromatic nitrogens is 4. The zero-order valence-electron chi connectivity index (χ0n) is 24.2. The van der Waals surface area contributed by atoms with Crippen LogP contribution in [0.4, 0.5) is 10.2 Å². The standard InChI is InChI=1S/C31H27ClFN7O4S/c1-18-37-24-16-36-29(39-10-8-38(7-5-33)9-11-39)22(15-34)26(24)30(41)40(18)12-13-44-25-3-2-19(32)14-21(25)20-4-6-35-27-23(31(42)43)17-45-28(20)27/h2-4,6,14,16-17H,5,7-13H2,1H3,(H,42,43). The third-order valence-electron chi connectivity index (χ3n) is 7.84. The first kappa shape index (κ1) is 30.4. The minimum atomic E-state index is -1.06. The highest BCUT2D eigenvalue weighted by Crippen LogP contribution is 2.39. The maximum atomic E-state index is 13.8. The molecule has 11 nitrogen and oxygen atoms in total. The van der Waals surface area contributed by atoms with Crippen molar-refractivity contribution in [1.29, 1.82) is 5.26 Å². The van der Waals surface area contributed by atoms with Gasteiger partial charge in [-0.1, -0.05) is 11.6 Å². The van der Waals surface area contributed by atoms with E-state index in [0.717, 1.165) is 5.56 Å². The van der Waals surface area contributed by atoms with E-state index in [1.165, 1.54) is 22.1 Å². The Hall–Kier alpha value is -4.64. The average molecular weight is 648 g/mol. The van der Waals surface area contributed by atoms with Crippen LogP contribution in [0.3, 0.4) is 0 Å². The van der Waals surface area contributed by atoms with E-state index in [2.05, 4.69) is 21.0 Å². The molecule has 0 spiro atoms. The largest absolute Gasteiger partial charge is 0.491 e. The number of piperazine rings is 1. The van der Waals surface area contributed by atoms with Crippen LogP contribution in [-0.4, -0.2) is 81.5 Å². The fraction of sp³-hybridized carbons (Fsp3) is 0.290. The van der Waals surface area contributed by atoms with Crippen molar-refractivity contribution in [2.75, 3.05) is 50.9 Å². The van der Waals surface area contributed by atoms with E-state index in [9.17, 15) is 24.3 Å². The van der Waals surface area contributed by atoms with Gasteiger partial charge in [-0.2, -0.15) is 5.26 Å². The number of hydrogen-bond donors (Lipinski definition) is 1. The van der Waals surface area contributed by atoms with E-state index < -0.39 is 12.6 Å². The molecule has 5 heterocycles. The van der Waals surface area contributed by atoms with Gasteiger partial charge in [-0.05, 0) is 31.2 Å². The molecule has 0 radical (unpaired) electrons. The minimum absolute atomic E-state index is 0.0952. The first-order valence-electron chi connectivity index (χ1n) is 14.2. The smallest absolute Gasteiger partial charge is 0.338 e. The van der Waals surface area contributed by atoms with Crippen LogP contribution in [0, 0.1) is 18.3 Å². The third kappa shape index (κ3) is 5.80. The molecule has 1 N–H and O–H groups in total. The molecule has 0 amide bonds. The van der Waals surface area contributed by atoms with Gasteiger partial charge in [-0.3, -0.25) is 19.2 Å². The van der Waals surface area contributed by atoms with Crippen molar-refractivity contribution >= 4 is 55.8 Å². The number of nitriles is 1. The number of aromatic carboxylic acids is 1. The quantitative estimate of drug-likeness (QED) is 0.238. The van der Waals surface area contributed by atoms with Crippen LogP contribution in [0.5, 0.6) is 5.75 Å². The van der Waals surface area contributed by atoms with E-state index in [0.29, 0.717) is 76.4 Å². The Labute approximate surface area is 265 Å². The molecule has 14 heteroatoms. The highest BCUT2D eigenvalue weighted by Gasteiger charge is 2.24. The number of carbonyl (C=O) groups is 1. The number of carboxylic acids is 1. The molecule has 5 aromatic rings. The number of fused-ring (bicyclic) bond motifs is 2. The normalized spacial score (nSPS) is 13.8. The fourth-order valence-electron chi connectivity index (χ4n) is 5.60. The van der Waals surface area contributed by atoms with Crippen molar-refractivity contribution in [3.8, 4) is 22.9 Å². The van der Waals surface area contributed by atoms with Gasteiger partial charge in [0, 0.05) is 60.5 Å². The zero-order chi connectivity index (χ0) is 31.7. The van der Waals surface area contributed by atoms with E-state index >= 15 is 0 Å². The molecule has 1 fully saturated rings. The number of halogens is 2. The third-order valence-corrected chi connectivity index (χ3v) is 9.08. The van der Waals surface area contributed by atoms with E-state index in [-0.39, 0.29) is 35.2 Å². The number of benzene rings is 1. The summed E-state index contributed by atoms with van der Waals surface area (Å²) in [4.78, 5) is 42.8. The van der Waals surface area contributed by atoms with Gasteiger partial charge in [0.2, 0.25) is 0 Å². The van der Waals surface area contributed by atoms with Crippen molar-refractivity contribution < 1.29 is 19.0 Å². The van der Waals surface area contributed by atoms with Crippen LogP contribution in [-0.2, 0) is 6.54 Å². The average Bonchev–Trinajstić information content (AvgIpc) is 3.48. The lowest BCUT2D eigenvalue weighted by Crippen LogP contribution is -2.47. The van der Waals surface area contributed by atoms with Gasteiger partial charge in [-0.15, -0.1) is 11.3 Å². The minimum Gasteiger partial charge on any atom is -0.491 e. The number of carboxylic acid groups (broad SMARTS) is 1. The summed E-state index contributed by atoms with van der Waals surface area (Å²) in [6.45, 7) is 4.29. The van der Waals surface area contributed by atoms with Gasteiger partial charge in [0.25, 0.3) is 5.56 Å². The predicted octanol–water partition coefficient (Wildman–Crippen LogP) is 4.77. The van der Waals surface area contributed by atoms with Gasteiger partial charge in [0.05, 0.1) is 39.4 Å². The fourth-order valence-corrected chi connectivity index (χ4v) is 6.80. The molecule has 0 bridgehead atoms. The second kappa shape index (κ2) is 12.8. The Morgan fingerprint density at radius 3 is 2.71 bits per heavy atom. The Morgan fingerprint density at radius 1 is 1.18 bits per heavy atom. The van der Waals surface area contributed by atoms with Gasteiger partial charge < -0.3 is 14.7 Å².